The van der Waals surface area contributed by atoms with Gasteiger partial charge in [0, 0.05) is 27.2 Å². The average molecular weight is 389 g/mol. The minimum atomic E-state index is -0.292. The Balaban J connectivity index is 1.97. The summed E-state index contributed by atoms with van der Waals surface area (Å²) >= 11 is 0. The highest BCUT2D eigenvalue weighted by Crippen LogP contribution is 2.11. The van der Waals surface area contributed by atoms with E-state index in [1.54, 1.807) is 14.2 Å². The molecular weight excluding hydrogens is 356 g/mol. The van der Waals surface area contributed by atoms with E-state index < -0.39 is 0 Å². The molecule has 28 heavy (non-hydrogen) atoms. The molecular formula is C20H32N6O2. The first-order chi connectivity index (χ1) is 13.3. The summed E-state index contributed by atoms with van der Waals surface area (Å²) in [6.07, 6.45) is 0.876. The molecule has 2 rings (SSSR count). The predicted molar refractivity (Wildman–Crippen MR) is 111 cm³/mol. The summed E-state index contributed by atoms with van der Waals surface area (Å²) in [5.74, 6) is 3.27. The largest absolute Gasteiger partial charge is 0.497 e. The molecule has 0 fully saturated rings. The second-order valence-electron chi connectivity index (χ2n) is 7.23. The van der Waals surface area contributed by atoms with Gasteiger partial charge in [0.1, 0.15) is 18.1 Å². The SMILES string of the molecule is COc1ccc(CCNC(=NCc2nnc(C)n2C)NCC(C)(C)OC)cc1. The maximum Gasteiger partial charge on any atom is 0.191 e. The topological polar surface area (TPSA) is 85.6 Å². The Hall–Kier alpha value is -2.61. The van der Waals surface area contributed by atoms with Gasteiger partial charge in [0.2, 0.25) is 0 Å². The molecule has 1 aromatic carbocycles. The maximum atomic E-state index is 5.49. The van der Waals surface area contributed by atoms with Gasteiger partial charge in [-0.25, -0.2) is 4.99 Å². The van der Waals surface area contributed by atoms with E-state index in [1.807, 2.05) is 44.5 Å². The molecule has 0 amide bonds. The standard InChI is InChI=1S/C20H32N6O2/c1-15-24-25-18(26(15)4)13-22-19(23-14-20(2,3)28-6)21-12-11-16-7-9-17(27-5)10-8-16/h7-10H,11-14H2,1-6H3,(H2,21,22,23). The number of methoxy groups -OCH3 is 2. The highest BCUT2D eigenvalue weighted by molar-refractivity contribution is 5.79. The molecule has 0 aliphatic carbocycles. The second-order valence-corrected chi connectivity index (χ2v) is 7.23. The summed E-state index contributed by atoms with van der Waals surface area (Å²) in [4.78, 5) is 4.66. The molecule has 8 heteroatoms. The summed E-state index contributed by atoms with van der Waals surface area (Å²) in [6.45, 7) is 7.82. The molecule has 1 heterocycles. The van der Waals surface area contributed by atoms with Crippen molar-refractivity contribution in [3.63, 3.8) is 0 Å². The molecule has 2 N–H and O–H groups in total. The zero-order chi connectivity index (χ0) is 20.6. The van der Waals surface area contributed by atoms with Crippen molar-refractivity contribution in [3.05, 3.63) is 41.5 Å². The van der Waals surface area contributed by atoms with Gasteiger partial charge in [-0.05, 0) is 44.9 Å². The first-order valence-electron chi connectivity index (χ1n) is 9.40. The van der Waals surface area contributed by atoms with Crippen LogP contribution in [0.4, 0.5) is 0 Å². The number of nitrogens with zero attached hydrogens (tertiary/aromatic N) is 4. The van der Waals surface area contributed by atoms with Crippen LogP contribution in [0.1, 0.15) is 31.1 Å². The first-order valence-corrected chi connectivity index (χ1v) is 9.40. The lowest BCUT2D eigenvalue weighted by Gasteiger charge is -2.24. The Labute approximate surface area is 167 Å². The Bertz CT molecular complexity index is 768. The van der Waals surface area contributed by atoms with Gasteiger partial charge in [-0.15, -0.1) is 10.2 Å². The third kappa shape index (κ3) is 6.53. The molecule has 0 spiro atoms. The van der Waals surface area contributed by atoms with Crippen molar-refractivity contribution < 1.29 is 9.47 Å². The number of aryl methyl sites for hydroxylation is 1. The van der Waals surface area contributed by atoms with E-state index >= 15 is 0 Å². The molecule has 0 saturated heterocycles. The van der Waals surface area contributed by atoms with Crippen LogP contribution in [0.3, 0.4) is 0 Å². The van der Waals surface area contributed by atoms with E-state index in [-0.39, 0.29) is 5.60 Å². The van der Waals surface area contributed by atoms with Crippen molar-refractivity contribution in [2.45, 2.75) is 39.3 Å². The van der Waals surface area contributed by atoms with Crippen LogP contribution in [0.5, 0.6) is 5.75 Å². The minimum absolute atomic E-state index is 0.292. The Morgan fingerprint density at radius 2 is 1.86 bits per heavy atom. The normalized spacial score (nSPS) is 12.1. The van der Waals surface area contributed by atoms with Crippen molar-refractivity contribution in [3.8, 4) is 5.75 Å². The third-order valence-electron chi connectivity index (χ3n) is 4.66. The lowest BCUT2D eigenvalue weighted by atomic mass is 10.1. The molecule has 0 atom stereocenters. The van der Waals surface area contributed by atoms with Crippen LogP contribution in [0.2, 0.25) is 0 Å². The monoisotopic (exact) mass is 388 g/mol. The van der Waals surface area contributed by atoms with Crippen LogP contribution in [0, 0.1) is 6.92 Å². The van der Waals surface area contributed by atoms with Gasteiger partial charge in [0.15, 0.2) is 11.8 Å². The van der Waals surface area contributed by atoms with Crippen LogP contribution in [0.25, 0.3) is 0 Å². The van der Waals surface area contributed by atoms with Crippen molar-refractivity contribution in [1.29, 1.82) is 0 Å². The van der Waals surface area contributed by atoms with Crippen LogP contribution >= 0.6 is 0 Å². The predicted octanol–water partition coefficient (Wildman–Crippen LogP) is 1.84. The number of nitrogens with one attached hydrogen (secondary N) is 2. The van der Waals surface area contributed by atoms with Gasteiger partial charge in [-0.1, -0.05) is 12.1 Å². The summed E-state index contributed by atoms with van der Waals surface area (Å²) in [6, 6.07) is 8.09. The fourth-order valence-electron chi connectivity index (χ4n) is 2.40. The number of rotatable bonds is 9. The van der Waals surface area contributed by atoms with E-state index in [9.17, 15) is 0 Å². The molecule has 0 radical (unpaired) electrons. The zero-order valence-electron chi connectivity index (χ0n) is 17.7. The fraction of sp³-hybridized carbons (Fsp3) is 0.550. The smallest absolute Gasteiger partial charge is 0.191 e. The highest BCUT2D eigenvalue weighted by Gasteiger charge is 2.16. The van der Waals surface area contributed by atoms with Gasteiger partial charge >= 0.3 is 0 Å². The van der Waals surface area contributed by atoms with Crippen LogP contribution < -0.4 is 15.4 Å². The molecule has 0 saturated carbocycles. The molecule has 0 aliphatic rings. The second kappa shape index (κ2) is 10.1. The Morgan fingerprint density at radius 3 is 2.43 bits per heavy atom. The quantitative estimate of drug-likeness (QED) is 0.504. The van der Waals surface area contributed by atoms with Gasteiger partial charge in [0.25, 0.3) is 0 Å². The molecule has 0 aliphatic heterocycles. The average Bonchev–Trinajstić information content (AvgIpc) is 3.02. The van der Waals surface area contributed by atoms with E-state index in [0.717, 1.165) is 36.3 Å². The number of hydrogen-bond acceptors (Lipinski definition) is 5. The highest BCUT2D eigenvalue weighted by atomic mass is 16.5. The van der Waals surface area contributed by atoms with Crippen molar-refractivity contribution in [2.75, 3.05) is 27.3 Å². The van der Waals surface area contributed by atoms with E-state index in [4.69, 9.17) is 9.47 Å². The minimum Gasteiger partial charge on any atom is -0.497 e. The molecule has 2 aromatic rings. The van der Waals surface area contributed by atoms with Crippen molar-refractivity contribution in [2.24, 2.45) is 12.0 Å². The van der Waals surface area contributed by atoms with Crippen LogP contribution in [-0.4, -0.2) is 53.6 Å². The van der Waals surface area contributed by atoms with Crippen LogP contribution in [-0.2, 0) is 24.8 Å². The summed E-state index contributed by atoms with van der Waals surface area (Å²) < 4.78 is 12.6. The summed E-state index contributed by atoms with van der Waals surface area (Å²) in [7, 11) is 5.32. The fourth-order valence-corrected chi connectivity index (χ4v) is 2.40. The van der Waals surface area contributed by atoms with E-state index in [0.29, 0.717) is 13.1 Å². The Kier molecular flexibility index (Phi) is 7.80. The van der Waals surface area contributed by atoms with E-state index in [2.05, 4.69) is 38.0 Å². The lowest BCUT2D eigenvalue weighted by molar-refractivity contribution is 0.0268. The van der Waals surface area contributed by atoms with Gasteiger partial charge in [-0.3, -0.25) is 0 Å². The number of benzene rings is 1. The van der Waals surface area contributed by atoms with Crippen molar-refractivity contribution >= 4 is 5.96 Å². The number of hydrogen-bond donors (Lipinski definition) is 2. The number of aliphatic imine (C=N–C) groups is 1. The molecule has 1 aromatic heterocycles. The van der Waals surface area contributed by atoms with Gasteiger partial charge < -0.3 is 24.7 Å². The Morgan fingerprint density at radius 1 is 1.14 bits per heavy atom. The molecule has 0 unspecified atom stereocenters. The number of ether oxygens (including phenoxy) is 2. The third-order valence-corrected chi connectivity index (χ3v) is 4.66. The van der Waals surface area contributed by atoms with Gasteiger partial charge in [-0.2, -0.15) is 0 Å². The number of aromatic nitrogens is 3. The first kappa shape index (κ1) is 21.7. The summed E-state index contributed by atoms with van der Waals surface area (Å²) in [5, 5.41) is 15.0. The number of guanidine groups is 1. The van der Waals surface area contributed by atoms with Crippen molar-refractivity contribution in [1.82, 2.24) is 25.4 Å². The lowest BCUT2D eigenvalue weighted by Crippen LogP contribution is -2.45. The maximum absolute atomic E-state index is 5.49. The molecule has 154 valence electrons. The van der Waals surface area contributed by atoms with Crippen LogP contribution in [0.15, 0.2) is 29.3 Å². The zero-order valence-corrected chi connectivity index (χ0v) is 17.7. The molecule has 8 nitrogen and oxygen atoms in total. The summed E-state index contributed by atoms with van der Waals surface area (Å²) in [5.41, 5.74) is 0.939. The molecule has 0 bridgehead atoms. The van der Waals surface area contributed by atoms with E-state index in [1.165, 1.54) is 5.56 Å². The van der Waals surface area contributed by atoms with Gasteiger partial charge in [0.05, 0.1) is 12.7 Å².